The highest BCUT2D eigenvalue weighted by atomic mass is 79.9. The van der Waals surface area contributed by atoms with Crippen LogP contribution in [0.15, 0.2) is 28.7 Å². The van der Waals surface area contributed by atoms with E-state index in [1.165, 1.54) is 0 Å². The Hall–Kier alpha value is -0.870. The molecule has 0 saturated heterocycles. The zero-order valence-corrected chi connectivity index (χ0v) is 12.9. The molecule has 1 N–H and O–H groups in total. The van der Waals surface area contributed by atoms with Crippen molar-refractivity contribution in [3.05, 3.63) is 34.3 Å². The second-order valence-corrected chi connectivity index (χ2v) is 6.16. The van der Waals surface area contributed by atoms with Crippen LogP contribution in [0, 0.1) is 0 Å². The summed E-state index contributed by atoms with van der Waals surface area (Å²) in [4.78, 5) is 11.7. The summed E-state index contributed by atoms with van der Waals surface area (Å²) < 4.78 is 6.46. The van der Waals surface area contributed by atoms with Crippen molar-refractivity contribution in [3.63, 3.8) is 0 Å². The maximum atomic E-state index is 11.7. The van der Waals surface area contributed by atoms with E-state index in [2.05, 4.69) is 21.2 Å². The number of ether oxygens (including phenoxy) is 1. The van der Waals surface area contributed by atoms with Gasteiger partial charge in [-0.1, -0.05) is 28.1 Å². The summed E-state index contributed by atoms with van der Waals surface area (Å²) in [6.07, 6.45) is 0. The molecule has 0 unspecified atom stereocenters. The van der Waals surface area contributed by atoms with Gasteiger partial charge in [0, 0.05) is 4.47 Å². The van der Waals surface area contributed by atoms with Crippen LogP contribution in [0.2, 0.25) is 0 Å². The lowest BCUT2D eigenvalue weighted by atomic mass is 10.1. The highest BCUT2D eigenvalue weighted by molar-refractivity contribution is 9.10. The normalized spacial score (nSPS) is 13.2. The monoisotopic (exact) mass is 313 g/mol. The van der Waals surface area contributed by atoms with E-state index in [1.54, 1.807) is 0 Å². The van der Waals surface area contributed by atoms with E-state index in [-0.39, 0.29) is 24.2 Å². The molecule has 0 spiro atoms. The quantitative estimate of drug-likeness (QED) is 0.924. The van der Waals surface area contributed by atoms with Gasteiger partial charge in [0.2, 0.25) is 5.91 Å². The van der Waals surface area contributed by atoms with Crippen molar-refractivity contribution in [2.24, 2.45) is 0 Å². The molecule has 0 aliphatic rings. The van der Waals surface area contributed by atoms with E-state index in [0.717, 1.165) is 10.0 Å². The summed E-state index contributed by atoms with van der Waals surface area (Å²) in [5.74, 6) is -0.0969. The molecular formula is C14H20BrNO2. The minimum atomic E-state index is -0.293. The van der Waals surface area contributed by atoms with Crippen molar-refractivity contribution < 1.29 is 9.53 Å². The largest absolute Gasteiger partial charge is 0.366 e. The molecule has 0 aromatic heterocycles. The number of nitrogens with one attached hydrogen (secondary N) is 1. The van der Waals surface area contributed by atoms with Crippen LogP contribution in [0.3, 0.4) is 0 Å². The summed E-state index contributed by atoms with van der Waals surface area (Å²) in [7, 11) is 0. The molecule has 18 heavy (non-hydrogen) atoms. The lowest BCUT2D eigenvalue weighted by molar-refractivity contribution is -0.131. The van der Waals surface area contributed by atoms with Crippen LogP contribution < -0.4 is 5.32 Å². The topological polar surface area (TPSA) is 38.3 Å². The number of hydrogen-bond acceptors (Lipinski definition) is 2. The first kappa shape index (κ1) is 15.2. The van der Waals surface area contributed by atoms with Crippen LogP contribution in [0.4, 0.5) is 0 Å². The van der Waals surface area contributed by atoms with E-state index < -0.39 is 0 Å². The van der Waals surface area contributed by atoms with Gasteiger partial charge in [-0.25, -0.2) is 0 Å². The summed E-state index contributed by atoms with van der Waals surface area (Å²) in [5, 5.41) is 2.91. The molecule has 0 heterocycles. The predicted octanol–water partition coefficient (Wildman–Crippen LogP) is 3.44. The third kappa shape index (κ3) is 5.65. The Morgan fingerprint density at radius 1 is 1.33 bits per heavy atom. The highest BCUT2D eigenvalue weighted by Gasteiger charge is 2.14. The van der Waals surface area contributed by atoms with E-state index in [4.69, 9.17) is 4.74 Å². The molecular weight excluding hydrogens is 294 g/mol. The molecule has 1 rings (SSSR count). The van der Waals surface area contributed by atoms with Crippen molar-refractivity contribution in [2.45, 2.75) is 39.3 Å². The maximum Gasteiger partial charge on any atom is 0.246 e. The van der Waals surface area contributed by atoms with Crippen LogP contribution in [0.1, 0.15) is 39.3 Å². The predicted molar refractivity (Wildman–Crippen MR) is 76.4 cm³/mol. The Morgan fingerprint density at radius 2 is 1.89 bits per heavy atom. The fourth-order valence-electron chi connectivity index (χ4n) is 1.40. The molecule has 0 fully saturated rings. The van der Waals surface area contributed by atoms with Gasteiger partial charge in [-0.15, -0.1) is 0 Å². The summed E-state index contributed by atoms with van der Waals surface area (Å²) in [6, 6.07) is 7.88. The van der Waals surface area contributed by atoms with Gasteiger partial charge in [-0.2, -0.15) is 0 Å². The Balaban J connectivity index is 2.47. The van der Waals surface area contributed by atoms with Gasteiger partial charge in [0.25, 0.3) is 0 Å². The number of hydrogen-bond donors (Lipinski definition) is 1. The summed E-state index contributed by atoms with van der Waals surface area (Å²) in [5.41, 5.74) is 0.778. The van der Waals surface area contributed by atoms with Gasteiger partial charge in [0.15, 0.2) is 0 Å². The average Bonchev–Trinajstić information content (AvgIpc) is 2.26. The van der Waals surface area contributed by atoms with Gasteiger partial charge in [0.05, 0.1) is 11.6 Å². The molecule has 0 saturated carbocycles. The fourth-order valence-corrected chi connectivity index (χ4v) is 1.66. The zero-order valence-electron chi connectivity index (χ0n) is 11.3. The van der Waals surface area contributed by atoms with Gasteiger partial charge >= 0.3 is 0 Å². The maximum absolute atomic E-state index is 11.7. The first-order valence-electron chi connectivity index (χ1n) is 5.97. The van der Waals surface area contributed by atoms with Crippen molar-refractivity contribution in [2.75, 3.05) is 6.61 Å². The highest BCUT2D eigenvalue weighted by Crippen LogP contribution is 2.16. The third-order valence-corrected chi connectivity index (χ3v) is 2.91. The van der Waals surface area contributed by atoms with Crippen molar-refractivity contribution in [1.82, 2.24) is 5.32 Å². The Morgan fingerprint density at radius 3 is 2.39 bits per heavy atom. The molecule has 0 aliphatic carbocycles. The first-order chi connectivity index (χ1) is 8.28. The van der Waals surface area contributed by atoms with E-state index in [0.29, 0.717) is 0 Å². The van der Waals surface area contributed by atoms with E-state index in [1.807, 2.05) is 52.0 Å². The van der Waals surface area contributed by atoms with E-state index >= 15 is 0 Å². The van der Waals surface area contributed by atoms with Crippen molar-refractivity contribution >= 4 is 21.8 Å². The number of carbonyl (C=O) groups is 1. The van der Waals surface area contributed by atoms with Crippen LogP contribution in [-0.4, -0.2) is 18.1 Å². The molecule has 3 nitrogen and oxygen atoms in total. The minimum Gasteiger partial charge on any atom is -0.366 e. The van der Waals surface area contributed by atoms with Crippen LogP contribution in [-0.2, 0) is 9.53 Å². The fraction of sp³-hybridized carbons (Fsp3) is 0.500. The Bertz CT molecular complexity index is 395. The van der Waals surface area contributed by atoms with Crippen LogP contribution in [0.25, 0.3) is 0 Å². The molecule has 4 heteroatoms. The number of benzene rings is 1. The minimum absolute atomic E-state index is 0.0193. The lowest BCUT2D eigenvalue weighted by Gasteiger charge is -2.20. The summed E-state index contributed by atoms with van der Waals surface area (Å²) in [6.45, 7) is 7.83. The lowest BCUT2D eigenvalue weighted by Crippen LogP contribution is -2.33. The number of halogens is 1. The molecule has 1 aromatic rings. The molecule has 100 valence electrons. The Labute approximate surface area is 117 Å². The Kier molecular flexibility index (Phi) is 5.35. The van der Waals surface area contributed by atoms with Gasteiger partial charge in [-0.3, -0.25) is 4.79 Å². The average molecular weight is 314 g/mol. The molecule has 1 atom stereocenters. The molecule has 0 aliphatic heterocycles. The number of amides is 1. The van der Waals surface area contributed by atoms with Crippen LogP contribution in [0.5, 0.6) is 0 Å². The summed E-state index contributed by atoms with van der Waals surface area (Å²) >= 11 is 3.38. The smallest absolute Gasteiger partial charge is 0.246 e. The first-order valence-corrected chi connectivity index (χ1v) is 6.76. The standard InChI is InChI=1S/C14H20BrNO2/c1-10(11-5-7-12(15)8-6-11)16-13(17)9-18-14(2,3)4/h5-8,10H,9H2,1-4H3,(H,16,17)/t10-/m1/s1. The molecule has 1 aromatic carbocycles. The van der Waals surface area contributed by atoms with Gasteiger partial charge in [-0.05, 0) is 45.4 Å². The second kappa shape index (κ2) is 6.34. The van der Waals surface area contributed by atoms with Crippen LogP contribution >= 0.6 is 15.9 Å². The number of carbonyl (C=O) groups excluding carboxylic acids is 1. The van der Waals surface area contributed by atoms with Crippen molar-refractivity contribution in [1.29, 1.82) is 0 Å². The SMILES string of the molecule is C[C@@H](NC(=O)COC(C)(C)C)c1ccc(Br)cc1. The van der Waals surface area contributed by atoms with E-state index in [9.17, 15) is 4.79 Å². The zero-order chi connectivity index (χ0) is 13.8. The van der Waals surface area contributed by atoms with Gasteiger partial charge in [0.1, 0.15) is 6.61 Å². The molecule has 1 amide bonds. The number of rotatable bonds is 4. The molecule has 0 radical (unpaired) electrons. The molecule has 0 bridgehead atoms. The van der Waals surface area contributed by atoms with Gasteiger partial charge < -0.3 is 10.1 Å². The second-order valence-electron chi connectivity index (χ2n) is 5.24. The third-order valence-electron chi connectivity index (χ3n) is 2.38. The van der Waals surface area contributed by atoms with Crippen molar-refractivity contribution in [3.8, 4) is 0 Å².